The van der Waals surface area contributed by atoms with Gasteiger partial charge in [-0.25, -0.2) is 0 Å². The molecule has 0 radical (unpaired) electrons. The lowest BCUT2D eigenvalue weighted by Crippen LogP contribution is -2.32. The van der Waals surface area contributed by atoms with Gasteiger partial charge in [0.15, 0.2) is 0 Å². The van der Waals surface area contributed by atoms with Crippen LogP contribution in [0.3, 0.4) is 0 Å². The van der Waals surface area contributed by atoms with E-state index in [1.165, 1.54) is 11.8 Å². The fourth-order valence-corrected chi connectivity index (χ4v) is 5.21. The predicted molar refractivity (Wildman–Crippen MR) is 133 cm³/mol. The van der Waals surface area contributed by atoms with Crippen LogP contribution in [0, 0.1) is 0 Å². The highest BCUT2D eigenvalue weighted by molar-refractivity contribution is 8.00. The minimum absolute atomic E-state index is 0.000521. The van der Waals surface area contributed by atoms with Gasteiger partial charge in [-0.3, -0.25) is 9.59 Å². The van der Waals surface area contributed by atoms with Crippen molar-refractivity contribution < 1.29 is 14.3 Å². The zero-order valence-corrected chi connectivity index (χ0v) is 20.3. The average Bonchev–Trinajstić information content (AvgIpc) is 3.44. The van der Waals surface area contributed by atoms with Gasteiger partial charge < -0.3 is 19.9 Å². The van der Waals surface area contributed by atoms with E-state index in [9.17, 15) is 9.59 Å². The van der Waals surface area contributed by atoms with Gasteiger partial charge in [0, 0.05) is 53.3 Å². The van der Waals surface area contributed by atoms with Crippen LogP contribution in [-0.4, -0.2) is 47.9 Å². The smallest absolute Gasteiger partial charge is 0.252 e. The van der Waals surface area contributed by atoms with Crippen molar-refractivity contribution in [3.63, 3.8) is 0 Å². The topological polar surface area (TPSA) is 72.4 Å². The standard InChI is InChI=1S/C24H25Cl2N3O3S/c25-16-7-8-18(20(26)12-16)24(31)27-9-10-29-14-22(19-5-1-2-6-21(19)29)33-15-23(30)28-13-17-4-3-11-32-17/h1-2,5-8,12,14,17H,3-4,9-11,13,15H2,(H,27,31)(H,28,30)/t17-/m0/s1. The number of aromatic nitrogens is 1. The third-order valence-corrected chi connectivity index (χ3v) is 7.07. The van der Waals surface area contributed by atoms with E-state index in [4.69, 9.17) is 27.9 Å². The predicted octanol–water partition coefficient (Wildman–Crippen LogP) is 4.77. The van der Waals surface area contributed by atoms with Crippen LogP contribution < -0.4 is 10.6 Å². The molecule has 0 saturated carbocycles. The number of amides is 2. The summed E-state index contributed by atoms with van der Waals surface area (Å²) in [5.41, 5.74) is 1.45. The Morgan fingerprint density at radius 1 is 1.15 bits per heavy atom. The molecule has 6 nitrogen and oxygen atoms in total. The lowest BCUT2D eigenvalue weighted by atomic mass is 10.2. The van der Waals surface area contributed by atoms with Crippen molar-refractivity contribution in [1.29, 1.82) is 0 Å². The molecule has 1 aromatic heterocycles. The summed E-state index contributed by atoms with van der Waals surface area (Å²) in [5.74, 6) is 0.0945. The molecule has 174 valence electrons. The molecular weight excluding hydrogens is 481 g/mol. The molecular formula is C24H25Cl2N3O3S. The molecule has 0 aliphatic carbocycles. The molecule has 1 aliphatic rings. The lowest BCUT2D eigenvalue weighted by Gasteiger charge is -2.10. The highest BCUT2D eigenvalue weighted by atomic mass is 35.5. The molecule has 3 aromatic rings. The zero-order chi connectivity index (χ0) is 23.2. The van der Waals surface area contributed by atoms with Crippen molar-refractivity contribution in [2.45, 2.75) is 30.4 Å². The van der Waals surface area contributed by atoms with Crippen molar-refractivity contribution in [3.8, 4) is 0 Å². The van der Waals surface area contributed by atoms with Crippen LogP contribution in [-0.2, 0) is 16.1 Å². The van der Waals surface area contributed by atoms with Crippen LogP contribution in [0.5, 0.6) is 0 Å². The number of nitrogens with zero attached hydrogens (tertiary/aromatic N) is 1. The van der Waals surface area contributed by atoms with E-state index in [0.717, 1.165) is 35.2 Å². The molecule has 0 spiro atoms. The van der Waals surface area contributed by atoms with Gasteiger partial charge in [-0.15, -0.1) is 11.8 Å². The number of thioether (sulfide) groups is 1. The van der Waals surface area contributed by atoms with Crippen molar-refractivity contribution in [3.05, 3.63) is 64.3 Å². The fraction of sp³-hybridized carbons (Fsp3) is 0.333. The lowest BCUT2D eigenvalue weighted by molar-refractivity contribution is -0.119. The SMILES string of the molecule is O=C(CSc1cn(CCNC(=O)c2ccc(Cl)cc2Cl)c2ccccc12)NC[C@@H]1CCCO1. The van der Waals surface area contributed by atoms with E-state index >= 15 is 0 Å². The Morgan fingerprint density at radius 2 is 2.00 bits per heavy atom. The molecule has 4 rings (SSSR count). The van der Waals surface area contributed by atoms with Gasteiger partial charge in [0.05, 0.1) is 22.4 Å². The number of carbonyl (C=O) groups is 2. The van der Waals surface area contributed by atoms with Crippen LogP contribution in [0.2, 0.25) is 10.0 Å². The monoisotopic (exact) mass is 505 g/mol. The Morgan fingerprint density at radius 3 is 2.79 bits per heavy atom. The van der Waals surface area contributed by atoms with E-state index in [1.54, 1.807) is 18.2 Å². The first-order valence-electron chi connectivity index (χ1n) is 10.8. The molecule has 2 amide bonds. The molecule has 1 aliphatic heterocycles. The summed E-state index contributed by atoms with van der Waals surface area (Å²) in [7, 11) is 0. The molecule has 0 bridgehead atoms. The van der Waals surface area contributed by atoms with Crippen molar-refractivity contribution in [2.75, 3.05) is 25.4 Å². The Kier molecular flexibility index (Phi) is 8.20. The number of rotatable bonds is 9. The van der Waals surface area contributed by atoms with Crippen LogP contribution in [0.4, 0.5) is 0 Å². The molecule has 1 atom stereocenters. The van der Waals surface area contributed by atoms with E-state index < -0.39 is 0 Å². The summed E-state index contributed by atoms with van der Waals surface area (Å²) in [6.45, 7) is 2.37. The Balaban J connectivity index is 1.34. The molecule has 9 heteroatoms. The summed E-state index contributed by atoms with van der Waals surface area (Å²) in [5, 5.41) is 7.76. The number of carbonyl (C=O) groups excluding carboxylic acids is 2. The quantitative estimate of drug-likeness (QED) is 0.411. The Labute approximate surface area is 206 Å². The third-order valence-electron chi connectivity index (χ3n) is 5.48. The molecule has 2 N–H and O–H groups in total. The summed E-state index contributed by atoms with van der Waals surface area (Å²) in [6, 6.07) is 12.9. The van der Waals surface area contributed by atoms with Crippen LogP contribution in [0.25, 0.3) is 10.9 Å². The maximum Gasteiger partial charge on any atom is 0.252 e. The van der Waals surface area contributed by atoms with Crippen LogP contribution >= 0.6 is 35.0 Å². The number of para-hydroxylation sites is 1. The minimum Gasteiger partial charge on any atom is -0.376 e. The normalized spacial score (nSPS) is 15.6. The van der Waals surface area contributed by atoms with Crippen molar-refractivity contribution >= 4 is 57.7 Å². The van der Waals surface area contributed by atoms with E-state index in [2.05, 4.69) is 15.2 Å². The van der Waals surface area contributed by atoms with E-state index in [0.29, 0.717) is 41.0 Å². The average molecular weight is 506 g/mol. The van der Waals surface area contributed by atoms with Gasteiger partial charge in [-0.1, -0.05) is 41.4 Å². The molecule has 33 heavy (non-hydrogen) atoms. The maximum atomic E-state index is 12.5. The van der Waals surface area contributed by atoms with Crippen LogP contribution in [0.15, 0.2) is 53.6 Å². The highest BCUT2D eigenvalue weighted by Gasteiger charge is 2.17. The highest BCUT2D eigenvalue weighted by Crippen LogP contribution is 2.30. The second-order valence-corrected chi connectivity index (χ2v) is 9.67. The first-order valence-corrected chi connectivity index (χ1v) is 12.6. The largest absolute Gasteiger partial charge is 0.376 e. The van der Waals surface area contributed by atoms with E-state index in [1.807, 2.05) is 30.5 Å². The summed E-state index contributed by atoms with van der Waals surface area (Å²) >= 11 is 13.5. The molecule has 1 saturated heterocycles. The van der Waals surface area contributed by atoms with E-state index in [-0.39, 0.29) is 17.9 Å². The van der Waals surface area contributed by atoms with Gasteiger partial charge in [-0.2, -0.15) is 0 Å². The number of hydrogen-bond donors (Lipinski definition) is 2. The number of fused-ring (bicyclic) bond motifs is 1. The van der Waals surface area contributed by atoms with Crippen molar-refractivity contribution in [1.82, 2.24) is 15.2 Å². The molecule has 2 aromatic carbocycles. The number of hydrogen-bond acceptors (Lipinski definition) is 4. The first kappa shape index (κ1) is 24.0. The van der Waals surface area contributed by atoms with Gasteiger partial charge in [0.1, 0.15) is 0 Å². The summed E-state index contributed by atoms with van der Waals surface area (Å²) < 4.78 is 7.64. The fourth-order valence-electron chi connectivity index (χ4n) is 3.80. The second-order valence-electron chi connectivity index (χ2n) is 7.81. The second kappa shape index (κ2) is 11.3. The van der Waals surface area contributed by atoms with Crippen molar-refractivity contribution in [2.24, 2.45) is 0 Å². The van der Waals surface area contributed by atoms with Gasteiger partial charge >= 0.3 is 0 Å². The number of nitrogens with one attached hydrogen (secondary N) is 2. The van der Waals surface area contributed by atoms with Gasteiger partial charge in [-0.05, 0) is 37.1 Å². The molecule has 2 heterocycles. The number of benzene rings is 2. The Bertz CT molecular complexity index is 1150. The number of ether oxygens (including phenoxy) is 1. The van der Waals surface area contributed by atoms with Crippen LogP contribution in [0.1, 0.15) is 23.2 Å². The molecule has 0 unspecified atom stereocenters. The minimum atomic E-state index is -0.245. The maximum absolute atomic E-state index is 12.5. The number of halogens is 2. The van der Waals surface area contributed by atoms with Gasteiger partial charge in [0.25, 0.3) is 5.91 Å². The first-order chi connectivity index (χ1) is 16.0. The Hall–Kier alpha value is -2.19. The zero-order valence-electron chi connectivity index (χ0n) is 18.0. The van der Waals surface area contributed by atoms with Gasteiger partial charge in [0.2, 0.25) is 5.91 Å². The summed E-state index contributed by atoms with van der Waals surface area (Å²) in [6.07, 6.45) is 4.23. The summed E-state index contributed by atoms with van der Waals surface area (Å²) in [4.78, 5) is 25.8. The third kappa shape index (κ3) is 6.23. The molecule has 1 fully saturated rings.